The van der Waals surface area contributed by atoms with Crippen molar-refractivity contribution in [3.63, 3.8) is 0 Å². The molecule has 0 spiro atoms. The van der Waals surface area contributed by atoms with Gasteiger partial charge in [-0.15, -0.1) is 15.3 Å². The zero-order valence-corrected chi connectivity index (χ0v) is 10.6. The minimum absolute atomic E-state index is 0.0902. The molecule has 2 N–H and O–H groups in total. The van der Waals surface area contributed by atoms with Gasteiger partial charge in [0.05, 0.1) is 12.1 Å². The number of hydrogen-bond acceptors (Lipinski definition) is 5. The summed E-state index contributed by atoms with van der Waals surface area (Å²) in [6.07, 6.45) is -2.08. The van der Waals surface area contributed by atoms with Crippen LogP contribution < -0.4 is 5.32 Å². The Morgan fingerprint density at radius 2 is 2.16 bits per heavy atom. The third-order valence-electron chi connectivity index (χ3n) is 3.04. The van der Waals surface area contributed by atoms with E-state index in [1.807, 2.05) is 13.8 Å². The van der Waals surface area contributed by atoms with E-state index in [1.54, 1.807) is 12.1 Å². The third-order valence-corrected chi connectivity index (χ3v) is 3.04. The molecule has 2 aromatic heterocycles. The predicted molar refractivity (Wildman–Crippen MR) is 65.1 cm³/mol. The van der Waals surface area contributed by atoms with E-state index in [0.29, 0.717) is 12.2 Å². The molecule has 8 heteroatoms. The molecule has 0 fully saturated rings. The van der Waals surface area contributed by atoms with E-state index in [9.17, 15) is 13.9 Å². The molecule has 0 bridgehead atoms. The minimum atomic E-state index is -2.74. The monoisotopic (exact) mass is 271 g/mol. The van der Waals surface area contributed by atoms with Crippen molar-refractivity contribution >= 4 is 11.5 Å². The van der Waals surface area contributed by atoms with Gasteiger partial charge in [0.1, 0.15) is 5.82 Å². The normalized spacial score (nSPS) is 14.8. The molecule has 0 aliphatic heterocycles. The van der Waals surface area contributed by atoms with Crippen LogP contribution in [0, 0.1) is 0 Å². The highest BCUT2D eigenvalue weighted by atomic mass is 19.3. The maximum absolute atomic E-state index is 12.7. The number of aliphatic hydroxyl groups excluding tert-OH is 1. The molecule has 2 heterocycles. The van der Waals surface area contributed by atoms with Gasteiger partial charge in [-0.2, -0.15) is 4.52 Å². The van der Waals surface area contributed by atoms with Gasteiger partial charge in [0.25, 0.3) is 6.43 Å². The summed E-state index contributed by atoms with van der Waals surface area (Å²) in [5.41, 5.74) is -0.303. The van der Waals surface area contributed by atoms with E-state index in [-0.39, 0.29) is 12.3 Å². The Labute approximate surface area is 108 Å². The van der Waals surface area contributed by atoms with Gasteiger partial charge < -0.3 is 10.4 Å². The van der Waals surface area contributed by atoms with Crippen molar-refractivity contribution in [2.75, 3.05) is 11.9 Å². The molecule has 0 aliphatic rings. The quantitative estimate of drug-likeness (QED) is 0.864. The molecule has 0 saturated carbocycles. The van der Waals surface area contributed by atoms with Gasteiger partial charge in [0, 0.05) is 0 Å². The fourth-order valence-corrected chi connectivity index (χ4v) is 1.56. The smallest absolute Gasteiger partial charge is 0.299 e. The second-order valence-electron chi connectivity index (χ2n) is 4.54. The Morgan fingerprint density at radius 1 is 1.42 bits per heavy atom. The summed E-state index contributed by atoms with van der Waals surface area (Å²) in [4.78, 5) is 0. The van der Waals surface area contributed by atoms with Crippen LogP contribution in [-0.4, -0.2) is 37.1 Å². The predicted octanol–water partition coefficient (Wildman–Crippen LogP) is 1.63. The first-order valence-corrected chi connectivity index (χ1v) is 5.88. The Kier molecular flexibility index (Phi) is 3.61. The van der Waals surface area contributed by atoms with Crippen molar-refractivity contribution in [3.05, 3.63) is 18.0 Å². The van der Waals surface area contributed by atoms with Crippen LogP contribution in [0.3, 0.4) is 0 Å². The molecule has 1 unspecified atom stereocenters. The van der Waals surface area contributed by atoms with Crippen molar-refractivity contribution in [3.8, 4) is 0 Å². The highest BCUT2D eigenvalue weighted by molar-refractivity contribution is 5.45. The van der Waals surface area contributed by atoms with Crippen LogP contribution in [0.5, 0.6) is 0 Å². The van der Waals surface area contributed by atoms with Crippen molar-refractivity contribution in [1.29, 1.82) is 0 Å². The Hall–Kier alpha value is -1.83. The summed E-state index contributed by atoms with van der Waals surface area (Å²) in [6, 6.07) is 3.16. The standard InChI is InChI=1S/C11H15F2N5O/c1-3-11(2,6-19)14-7-4-5-8-15-16-10(9(12)13)18(8)17-7/h4-5,9,19H,3,6H2,1-2H3,(H,14,17). The van der Waals surface area contributed by atoms with E-state index >= 15 is 0 Å². The van der Waals surface area contributed by atoms with Crippen molar-refractivity contribution < 1.29 is 13.9 Å². The average Bonchev–Trinajstić information content (AvgIpc) is 2.81. The molecule has 2 rings (SSSR count). The number of anilines is 1. The molecule has 19 heavy (non-hydrogen) atoms. The number of nitrogens with one attached hydrogen (secondary N) is 1. The first-order chi connectivity index (χ1) is 8.99. The summed E-state index contributed by atoms with van der Waals surface area (Å²) in [7, 11) is 0. The van der Waals surface area contributed by atoms with Gasteiger partial charge in [-0.3, -0.25) is 0 Å². The van der Waals surface area contributed by atoms with E-state index in [0.717, 1.165) is 4.52 Å². The van der Waals surface area contributed by atoms with Crippen molar-refractivity contribution in [2.24, 2.45) is 0 Å². The largest absolute Gasteiger partial charge is 0.394 e. The van der Waals surface area contributed by atoms with E-state index in [1.165, 1.54) is 0 Å². The Morgan fingerprint density at radius 3 is 2.74 bits per heavy atom. The zero-order chi connectivity index (χ0) is 14.0. The van der Waals surface area contributed by atoms with Gasteiger partial charge >= 0.3 is 0 Å². The Bertz CT molecular complexity index is 567. The van der Waals surface area contributed by atoms with E-state index in [2.05, 4.69) is 20.6 Å². The van der Waals surface area contributed by atoms with Crippen LogP contribution in [0.15, 0.2) is 12.1 Å². The first-order valence-electron chi connectivity index (χ1n) is 5.88. The number of halogens is 2. The maximum Gasteiger partial charge on any atom is 0.299 e. The van der Waals surface area contributed by atoms with Crippen LogP contribution in [-0.2, 0) is 0 Å². The van der Waals surface area contributed by atoms with E-state index in [4.69, 9.17) is 0 Å². The Balaban J connectivity index is 2.38. The summed E-state index contributed by atoms with van der Waals surface area (Å²) in [5, 5.41) is 23.4. The molecule has 0 radical (unpaired) electrons. The van der Waals surface area contributed by atoms with Gasteiger partial charge in [-0.05, 0) is 25.5 Å². The van der Waals surface area contributed by atoms with Crippen LogP contribution in [0.2, 0.25) is 0 Å². The number of nitrogens with zero attached hydrogens (tertiary/aromatic N) is 4. The minimum Gasteiger partial charge on any atom is -0.394 e. The molecular formula is C11H15F2N5O. The molecule has 0 aliphatic carbocycles. The molecule has 0 aromatic carbocycles. The highest BCUT2D eigenvalue weighted by Crippen LogP contribution is 2.20. The molecule has 6 nitrogen and oxygen atoms in total. The lowest BCUT2D eigenvalue weighted by Crippen LogP contribution is -2.38. The van der Waals surface area contributed by atoms with Crippen LogP contribution >= 0.6 is 0 Å². The maximum atomic E-state index is 12.7. The summed E-state index contributed by atoms with van der Waals surface area (Å²) in [5.74, 6) is -0.117. The zero-order valence-electron chi connectivity index (χ0n) is 10.6. The number of aromatic nitrogens is 4. The molecule has 104 valence electrons. The second-order valence-corrected chi connectivity index (χ2v) is 4.54. The summed E-state index contributed by atoms with van der Waals surface area (Å²) >= 11 is 0. The first kappa shape index (κ1) is 13.6. The molecule has 0 amide bonds. The molecular weight excluding hydrogens is 256 g/mol. The SMILES string of the molecule is CCC(C)(CO)Nc1ccc2nnc(C(F)F)n2n1. The third kappa shape index (κ3) is 2.62. The average molecular weight is 271 g/mol. The molecule has 2 aromatic rings. The number of alkyl halides is 2. The summed E-state index contributed by atoms with van der Waals surface area (Å²) < 4.78 is 26.4. The lowest BCUT2D eigenvalue weighted by atomic mass is 10.0. The van der Waals surface area contributed by atoms with Gasteiger partial charge in [0.15, 0.2) is 5.65 Å². The number of fused-ring (bicyclic) bond motifs is 1. The fraction of sp³-hybridized carbons (Fsp3) is 0.545. The van der Waals surface area contributed by atoms with Gasteiger partial charge in [0.2, 0.25) is 5.82 Å². The number of rotatable bonds is 5. The molecule has 1 atom stereocenters. The van der Waals surface area contributed by atoms with Crippen molar-refractivity contribution in [2.45, 2.75) is 32.2 Å². The van der Waals surface area contributed by atoms with Gasteiger partial charge in [-0.25, -0.2) is 8.78 Å². The van der Waals surface area contributed by atoms with Crippen LogP contribution in [0.25, 0.3) is 5.65 Å². The molecule has 0 saturated heterocycles. The van der Waals surface area contributed by atoms with Gasteiger partial charge in [-0.1, -0.05) is 6.92 Å². The topological polar surface area (TPSA) is 75.3 Å². The van der Waals surface area contributed by atoms with E-state index < -0.39 is 17.8 Å². The second kappa shape index (κ2) is 5.04. The highest BCUT2D eigenvalue weighted by Gasteiger charge is 2.22. The number of aliphatic hydroxyl groups is 1. The fourth-order valence-electron chi connectivity index (χ4n) is 1.56. The number of hydrogen-bond donors (Lipinski definition) is 2. The van der Waals surface area contributed by atoms with Crippen molar-refractivity contribution in [1.82, 2.24) is 19.8 Å². The summed E-state index contributed by atoms with van der Waals surface area (Å²) in [6.45, 7) is 3.64. The lowest BCUT2D eigenvalue weighted by Gasteiger charge is -2.27. The van der Waals surface area contributed by atoms with Crippen LogP contribution in [0.1, 0.15) is 32.5 Å². The lowest BCUT2D eigenvalue weighted by molar-refractivity contribution is 0.137. The van der Waals surface area contributed by atoms with Crippen LogP contribution in [0.4, 0.5) is 14.6 Å².